The van der Waals surface area contributed by atoms with Crippen molar-refractivity contribution in [1.29, 1.82) is 0 Å². The van der Waals surface area contributed by atoms with Gasteiger partial charge in [0.2, 0.25) is 5.91 Å². The van der Waals surface area contributed by atoms with Crippen LogP contribution in [0.2, 0.25) is 0 Å². The van der Waals surface area contributed by atoms with Gasteiger partial charge in [0.1, 0.15) is 18.0 Å². The summed E-state index contributed by atoms with van der Waals surface area (Å²) in [6.45, 7) is 3.18. The Hall–Kier alpha value is -1.54. The number of nitrogens with zero attached hydrogens (tertiary/aromatic N) is 1. The molecule has 6 nitrogen and oxygen atoms in total. The Kier molecular flexibility index (Phi) is 4.49. The summed E-state index contributed by atoms with van der Waals surface area (Å²) >= 11 is 0. The zero-order chi connectivity index (χ0) is 16.5. The van der Waals surface area contributed by atoms with Crippen molar-refractivity contribution >= 4 is 5.91 Å². The van der Waals surface area contributed by atoms with Crippen LogP contribution in [0.4, 0.5) is 4.39 Å². The molecule has 0 radical (unpaired) electrons. The predicted molar refractivity (Wildman–Crippen MR) is 86.5 cm³/mol. The van der Waals surface area contributed by atoms with Gasteiger partial charge in [-0.1, -0.05) is 18.2 Å². The largest absolute Gasteiger partial charge is 0.370 e. The minimum Gasteiger partial charge on any atom is -0.370 e. The van der Waals surface area contributed by atoms with E-state index in [9.17, 15) is 9.18 Å². The summed E-state index contributed by atoms with van der Waals surface area (Å²) in [7, 11) is 0. The number of morpholine rings is 1. The Labute approximate surface area is 140 Å². The number of nitrogens with one attached hydrogen (secondary N) is 3. The molecule has 0 saturated carbocycles. The van der Waals surface area contributed by atoms with Crippen LogP contribution in [-0.2, 0) is 9.53 Å². The molecule has 1 amide bonds. The fourth-order valence-corrected chi connectivity index (χ4v) is 3.93. The monoisotopic (exact) mass is 334 g/mol. The van der Waals surface area contributed by atoms with Crippen molar-refractivity contribution in [1.82, 2.24) is 21.1 Å². The van der Waals surface area contributed by atoms with Crippen LogP contribution < -0.4 is 16.2 Å². The zero-order valence-corrected chi connectivity index (χ0v) is 13.5. The van der Waals surface area contributed by atoms with Gasteiger partial charge in [0, 0.05) is 30.6 Å². The first-order valence-electron chi connectivity index (χ1n) is 8.60. The van der Waals surface area contributed by atoms with Gasteiger partial charge in [-0.2, -0.15) is 0 Å². The van der Waals surface area contributed by atoms with Gasteiger partial charge in [0.15, 0.2) is 0 Å². The number of hydrazine groups is 1. The molecule has 4 rings (SSSR count). The highest BCUT2D eigenvalue weighted by atomic mass is 19.1. The van der Waals surface area contributed by atoms with E-state index in [2.05, 4.69) is 16.2 Å². The number of halogens is 1. The second kappa shape index (κ2) is 6.76. The van der Waals surface area contributed by atoms with E-state index in [-0.39, 0.29) is 23.7 Å². The molecule has 4 atom stereocenters. The highest BCUT2D eigenvalue weighted by molar-refractivity contribution is 5.83. The Morgan fingerprint density at radius 2 is 2.17 bits per heavy atom. The lowest BCUT2D eigenvalue weighted by Crippen LogP contribution is -2.53. The van der Waals surface area contributed by atoms with E-state index in [1.165, 1.54) is 6.07 Å². The molecule has 3 aliphatic rings. The minimum absolute atomic E-state index is 0.0725. The molecule has 7 heteroatoms. The quantitative estimate of drug-likeness (QED) is 0.720. The molecule has 130 valence electrons. The number of carbonyl (C=O) groups excluding carboxylic acids is 1. The lowest BCUT2D eigenvalue weighted by atomic mass is 9.88. The first kappa shape index (κ1) is 16.0. The van der Waals surface area contributed by atoms with Crippen molar-refractivity contribution in [3.63, 3.8) is 0 Å². The van der Waals surface area contributed by atoms with E-state index in [1.807, 2.05) is 0 Å². The number of hydrogen-bond donors (Lipinski definition) is 3. The highest BCUT2D eigenvalue weighted by Crippen LogP contribution is 2.27. The molecule has 1 aromatic rings. The number of ether oxygens (including phenoxy) is 1. The van der Waals surface area contributed by atoms with Gasteiger partial charge in [-0.05, 0) is 19.0 Å². The Morgan fingerprint density at radius 3 is 3.04 bits per heavy atom. The number of benzene rings is 1. The van der Waals surface area contributed by atoms with Crippen LogP contribution in [0.5, 0.6) is 0 Å². The summed E-state index contributed by atoms with van der Waals surface area (Å²) < 4.78 is 19.7. The van der Waals surface area contributed by atoms with Crippen molar-refractivity contribution in [3.05, 3.63) is 35.6 Å². The van der Waals surface area contributed by atoms with Crippen LogP contribution in [0.3, 0.4) is 0 Å². The summed E-state index contributed by atoms with van der Waals surface area (Å²) in [5, 5.41) is 3.36. The summed E-state index contributed by atoms with van der Waals surface area (Å²) in [4.78, 5) is 14.8. The van der Waals surface area contributed by atoms with E-state index in [0.717, 1.165) is 19.5 Å². The first-order chi connectivity index (χ1) is 11.7. The molecule has 0 spiro atoms. The fraction of sp³-hybridized carbons (Fsp3) is 0.588. The Morgan fingerprint density at radius 1 is 1.29 bits per heavy atom. The lowest BCUT2D eigenvalue weighted by Gasteiger charge is -2.36. The topological polar surface area (TPSA) is 65.6 Å². The molecule has 3 aliphatic heterocycles. The lowest BCUT2D eigenvalue weighted by molar-refractivity contribution is -0.142. The summed E-state index contributed by atoms with van der Waals surface area (Å²) in [5.41, 5.74) is 6.94. The molecule has 3 saturated heterocycles. The van der Waals surface area contributed by atoms with E-state index in [0.29, 0.717) is 31.3 Å². The summed E-state index contributed by atoms with van der Waals surface area (Å²) in [6.07, 6.45) is 0.612. The highest BCUT2D eigenvalue weighted by Gasteiger charge is 2.43. The van der Waals surface area contributed by atoms with Crippen LogP contribution in [0.25, 0.3) is 0 Å². The summed E-state index contributed by atoms with van der Waals surface area (Å²) in [6, 6.07) is 6.72. The van der Waals surface area contributed by atoms with Crippen LogP contribution >= 0.6 is 0 Å². The SMILES string of the molecule is O=C(C1NNC2CCNCC21)N1CCOC(c2ccccc2F)C1. The van der Waals surface area contributed by atoms with E-state index in [4.69, 9.17) is 4.74 Å². The first-order valence-corrected chi connectivity index (χ1v) is 8.60. The molecule has 0 aromatic heterocycles. The van der Waals surface area contributed by atoms with Crippen LogP contribution in [-0.4, -0.2) is 55.7 Å². The maximum absolute atomic E-state index is 14.0. The van der Waals surface area contributed by atoms with Gasteiger partial charge >= 0.3 is 0 Å². The van der Waals surface area contributed by atoms with E-state index < -0.39 is 6.10 Å². The van der Waals surface area contributed by atoms with Crippen LogP contribution in [0.1, 0.15) is 18.1 Å². The van der Waals surface area contributed by atoms with Gasteiger partial charge in [0.05, 0.1) is 13.2 Å². The molecule has 1 aromatic carbocycles. The molecule has 0 bridgehead atoms. The van der Waals surface area contributed by atoms with E-state index in [1.54, 1.807) is 23.1 Å². The average Bonchev–Trinajstić information content (AvgIpc) is 3.06. The molecule has 3 heterocycles. The number of piperidine rings is 1. The third-order valence-corrected chi connectivity index (χ3v) is 5.28. The maximum atomic E-state index is 14.0. The average molecular weight is 334 g/mol. The van der Waals surface area contributed by atoms with E-state index >= 15 is 0 Å². The molecular weight excluding hydrogens is 311 g/mol. The second-order valence-corrected chi connectivity index (χ2v) is 6.69. The molecular formula is C17H23FN4O2. The van der Waals surface area contributed by atoms with Gasteiger partial charge in [-0.15, -0.1) is 0 Å². The number of amides is 1. The van der Waals surface area contributed by atoms with Crippen LogP contribution in [0, 0.1) is 11.7 Å². The standard InChI is InChI=1S/C17H23FN4O2/c18-13-4-2-1-3-11(13)15-10-22(7-8-24-15)17(23)16-12-9-19-6-5-14(12)20-21-16/h1-4,12,14-16,19-21H,5-10H2. The van der Waals surface area contributed by atoms with Gasteiger partial charge < -0.3 is 15.0 Å². The normalized spacial score (nSPS) is 33.3. The third-order valence-electron chi connectivity index (χ3n) is 5.28. The van der Waals surface area contributed by atoms with Gasteiger partial charge in [0.25, 0.3) is 0 Å². The second-order valence-electron chi connectivity index (χ2n) is 6.69. The molecule has 4 unspecified atom stereocenters. The molecule has 0 aliphatic carbocycles. The Bertz CT molecular complexity index is 614. The zero-order valence-electron chi connectivity index (χ0n) is 13.5. The summed E-state index contributed by atoms with van der Waals surface area (Å²) in [5.74, 6) is 0.0401. The number of rotatable bonds is 2. The number of hydrogen-bond acceptors (Lipinski definition) is 5. The number of carbonyl (C=O) groups is 1. The van der Waals surface area contributed by atoms with Crippen molar-refractivity contribution < 1.29 is 13.9 Å². The smallest absolute Gasteiger partial charge is 0.241 e. The molecule has 3 N–H and O–H groups in total. The van der Waals surface area contributed by atoms with Crippen molar-refractivity contribution in [2.45, 2.75) is 24.6 Å². The van der Waals surface area contributed by atoms with Crippen molar-refractivity contribution in [2.75, 3.05) is 32.8 Å². The molecule has 3 fully saturated rings. The third kappa shape index (κ3) is 2.93. The predicted octanol–water partition coefficient (Wildman–Crippen LogP) is 0.180. The minimum atomic E-state index is -0.404. The molecule has 24 heavy (non-hydrogen) atoms. The van der Waals surface area contributed by atoms with Crippen molar-refractivity contribution in [2.24, 2.45) is 5.92 Å². The van der Waals surface area contributed by atoms with Gasteiger partial charge in [-0.3, -0.25) is 10.2 Å². The van der Waals surface area contributed by atoms with Gasteiger partial charge in [-0.25, -0.2) is 9.82 Å². The van der Waals surface area contributed by atoms with Crippen LogP contribution in [0.15, 0.2) is 24.3 Å². The maximum Gasteiger partial charge on any atom is 0.241 e. The fourth-order valence-electron chi connectivity index (χ4n) is 3.93. The Balaban J connectivity index is 1.46. The number of fused-ring (bicyclic) bond motifs is 1. The van der Waals surface area contributed by atoms with Crippen molar-refractivity contribution in [3.8, 4) is 0 Å².